The first kappa shape index (κ1) is 16.2. The molecule has 0 atom stereocenters. The Morgan fingerprint density at radius 2 is 1.58 bits per heavy atom. The summed E-state index contributed by atoms with van der Waals surface area (Å²) < 4.78 is 0. The molecule has 2 heterocycles. The maximum Gasteiger partial charge on any atom is 0.335 e. The molecule has 4 aromatic rings. The molecular formula is C21H14N2O2S. The summed E-state index contributed by atoms with van der Waals surface area (Å²) in [6.07, 6.45) is 3.49. The molecular weight excluding hydrogens is 344 g/mol. The van der Waals surface area contributed by atoms with Crippen molar-refractivity contribution in [1.82, 2.24) is 9.97 Å². The Bertz CT molecular complexity index is 1060. The lowest BCUT2D eigenvalue weighted by atomic mass is 10.0. The van der Waals surface area contributed by atoms with Crippen molar-refractivity contribution in [3.05, 3.63) is 84.7 Å². The van der Waals surface area contributed by atoms with Crippen molar-refractivity contribution in [3.8, 4) is 32.3 Å². The van der Waals surface area contributed by atoms with Gasteiger partial charge in [0, 0.05) is 23.5 Å². The van der Waals surface area contributed by atoms with Crippen LogP contribution >= 0.6 is 11.3 Å². The fourth-order valence-corrected chi connectivity index (χ4v) is 3.82. The minimum absolute atomic E-state index is 0.248. The Labute approximate surface area is 154 Å². The first-order valence-corrected chi connectivity index (χ1v) is 8.84. The highest BCUT2D eigenvalue weighted by atomic mass is 32.1. The maximum atomic E-state index is 11.3. The molecule has 0 radical (unpaired) electrons. The van der Waals surface area contributed by atoms with Gasteiger partial charge in [-0.15, -0.1) is 11.3 Å². The molecule has 0 aliphatic carbocycles. The number of aromatic nitrogens is 2. The lowest BCUT2D eigenvalue weighted by molar-refractivity contribution is 0.0697. The lowest BCUT2D eigenvalue weighted by Gasteiger charge is -2.03. The van der Waals surface area contributed by atoms with Gasteiger partial charge in [-0.1, -0.05) is 42.5 Å². The average Bonchev–Trinajstić information content (AvgIpc) is 3.15. The number of nitrogens with zero attached hydrogens (tertiary/aromatic N) is 2. The van der Waals surface area contributed by atoms with E-state index < -0.39 is 5.97 Å². The van der Waals surface area contributed by atoms with Crippen LogP contribution in [0.1, 0.15) is 10.4 Å². The van der Waals surface area contributed by atoms with Crippen molar-refractivity contribution in [2.45, 2.75) is 0 Å². The van der Waals surface area contributed by atoms with Crippen molar-refractivity contribution in [2.75, 3.05) is 0 Å². The number of pyridine rings is 1. The number of aromatic carboxylic acids is 1. The minimum atomic E-state index is -0.948. The van der Waals surface area contributed by atoms with Crippen molar-refractivity contribution in [2.24, 2.45) is 0 Å². The summed E-state index contributed by atoms with van der Waals surface area (Å²) in [7, 11) is 0. The van der Waals surface area contributed by atoms with Gasteiger partial charge in [-0.2, -0.15) is 0 Å². The molecule has 126 valence electrons. The molecule has 0 unspecified atom stereocenters. The van der Waals surface area contributed by atoms with Gasteiger partial charge < -0.3 is 5.11 Å². The predicted molar refractivity (Wildman–Crippen MR) is 103 cm³/mol. The fraction of sp³-hybridized carbons (Fsp3) is 0. The Hall–Kier alpha value is -3.31. The molecule has 0 fully saturated rings. The number of benzene rings is 2. The second-order valence-corrected chi connectivity index (χ2v) is 6.68. The van der Waals surface area contributed by atoms with Gasteiger partial charge in [-0.05, 0) is 29.8 Å². The number of hydrogen-bond acceptors (Lipinski definition) is 4. The molecule has 0 saturated carbocycles. The molecule has 4 nitrogen and oxygen atoms in total. The van der Waals surface area contributed by atoms with E-state index >= 15 is 0 Å². The molecule has 0 aliphatic heterocycles. The molecule has 0 amide bonds. The summed E-state index contributed by atoms with van der Waals surface area (Å²) in [6, 6.07) is 20.7. The van der Waals surface area contributed by atoms with Crippen LogP contribution in [0, 0.1) is 0 Å². The highest BCUT2D eigenvalue weighted by Crippen LogP contribution is 2.40. The number of carboxylic acid groups (broad SMARTS) is 1. The topological polar surface area (TPSA) is 63.1 Å². The van der Waals surface area contributed by atoms with Crippen LogP contribution < -0.4 is 0 Å². The smallest absolute Gasteiger partial charge is 0.335 e. The van der Waals surface area contributed by atoms with Crippen molar-refractivity contribution in [1.29, 1.82) is 0 Å². The van der Waals surface area contributed by atoms with Gasteiger partial charge in [0.25, 0.3) is 0 Å². The number of rotatable bonds is 4. The van der Waals surface area contributed by atoms with Crippen LogP contribution in [-0.2, 0) is 0 Å². The van der Waals surface area contributed by atoms with E-state index in [1.807, 2.05) is 48.5 Å². The van der Waals surface area contributed by atoms with Crippen LogP contribution in [0.25, 0.3) is 32.3 Å². The Kier molecular flexibility index (Phi) is 4.29. The number of hydrogen-bond donors (Lipinski definition) is 1. The summed E-state index contributed by atoms with van der Waals surface area (Å²) in [6.45, 7) is 0. The van der Waals surface area contributed by atoms with E-state index in [0.717, 1.165) is 32.3 Å². The zero-order chi connectivity index (χ0) is 17.9. The lowest BCUT2D eigenvalue weighted by Crippen LogP contribution is -1.96. The third kappa shape index (κ3) is 3.12. The third-order valence-corrected chi connectivity index (χ3v) is 5.13. The van der Waals surface area contributed by atoms with Crippen LogP contribution in [0.2, 0.25) is 0 Å². The SMILES string of the molecule is O=C(O)c1cccc(-c2nc(-c3ccccc3)sc2-c2ccncc2)c1. The van der Waals surface area contributed by atoms with Gasteiger partial charge in [-0.25, -0.2) is 9.78 Å². The molecule has 4 rings (SSSR count). The number of carbonyl (C=O) groups is 1. The molecule has 0 aliphatic rings. The van der Waals surface area contributed by atoms with E-state index in [1.165, 1.54) is 0 Å². The molecule has 2 aromatic carbocycles. The highest BCUT2D eigenvalue weighted by Gasteiger charge is 2.17. The first-order chi connectivity index (χ1) is 12.7. The summed E-state index contributed by atoms with van der Waals surface area (Å²) >= 11 is 1.59. The van der Waals surface area contributed by atoms with Gasteiger partial charge in [0.2, 0.25) is 0 Å². The second kappa shape index (κ2) is 6.90. The van der Waals surface area contributed by atoms with E-state index in [4.69, 9.17) is 4.98 Å². The van der Waals surface area contributed by atoms with Crippen LogP contribution in [-0.4, -0.2) is 21.0 Å². The average molecular weight is 358 g/mol. The summed E-state index contributed by atoms with van der Waals surface area (Å²) in [4.78, 5) is 21.2. The maximum absolute atomic E-state index is 11.3. The van der Waals surface area contributed by atoms with E-state index in [9.17, 15) is 9.90 Å². The Balaban J connectivity index is 1.91. The van der Waals surface area contributed by atoms with Crippen molar-refractivity contribution >= 4 is 17.3 Å². The molecule has 26 heavy (non-hydrogen) atoms. The largest absolute Gasteiger partial charge is 0.478 e. The summed E-state index contributed by atoms with van der Waals surface area (Å²) in [5.41, 5.74) is 3.86. The van der Waals surface area contributed by atoms with Gasteiger partial charge in [0.1, 0.15) is 5.01 Å². The van der Waals surface area contributed by atoms with Crippen LogP contribution in [0.15, 0.2) is 79.1 Å². The normalized spacial score (nSPS) is 10.6. The number of carboxylic acids is 1. The van der Waals surface area contributed by atoms with Crippen LogP contribution in [0.5, 0.6) is 0 Å². The first-order valence-electron chi connectivity index (χ1n) is 8.03. The van der Waals surface area contributed by atoms with Gasteiger partial charge in [0.05, 0.1) is 16.1 Å². The fourth-order valence-electron chi connectivity index (χ4n) is 2.72. The van der Waals surface area contributed by atoms with Crippen molar-refractivity contribution in [3.63, 3.8) is 0 Å². The molecule has 0 bridgehead atoms. The van der Waals surface area contributed by atoms with Gasteiger partial charge >= 0.3 is 5.97 Å². The Morgan fingerprint density at radius 1 is 0.846 bits per heavy atom. The quantitative estimate of drug-likeness (QED) is 0.542. The zero-order valence-electron chi connectivity index (χ0n) is 13.7. The summed E-state index contributed by atoms with van der Waals surface area (Å²) in [5.74, 6) is -0.948. The Morgan fingerprint density at radius 3 is 2.31 bits per heavy atom. The van der Waals surface area contributed by atoms with Gasteiger partial charge in [-0.3, -0.25) is 4.98 Å². The van der Waals surface area contributed by atoms with Crippen LogP contribution in [0.4, 0.5) is 0 Å². The van der Waals surface area contributed by atoms with E-state index in [2.05, 4.69) is 4.98 Å². The second-order valence-electron chi connectivity index (χ2n) is 5.68. The number of thiazole rings is 1. The summed E-state index contributed by atoms with van der Waals surface area (Å²) in [5, 5.41) is 10.2. The molecule has 1 N–H and O–H groups in total. The third-order valence-electron chi connectivity index (χ3n) is 3.97. The monoisotopic (exact) mass is 358 g/mol. The van der Waals surface area contributed by atoms with Crippen LogP contribution in [0.3, 0.4) is 0 Å². The molecule has 2 aromatic heterocycles. The van der Waals surface area contributed by atoms with E-state index in [-0.39, 0.29) is 5.56 Å². The molecule has 0 spiro atoms. The van der Waals surface area contributed by atoms with E-state index in [0.29, 0.717) is 0 Å². The zero-order valence-corrected chi connectivity index (χ0v) is 14.5. The molecule has 5 heteroatoms. The molecule has 0 saturated heterocycles. The van der Waals surface area contributed by atoms with E-state index in [1.54, 1.807) is 41.9 Å². The minimum Gasteiger partial charge on any atom is -0.478 e. The predicted octanol–water partition coefficient (Wildman–Crippen LogP) is 5.24. The highest BCUT2D eigenvalue weighted by molar-refractivity contribution is 7.19. The van der Waals surface area contributed by atoms with Gasteiger partial charge in [0.15, 0.2) is 0 Å². The standard InChI is InChI=1S/C21H14N2O2S/c24-21(25)17-8-4-7-16(13-17)18-19(14-9-11-22-12-10-14)26-20(23-18)15-5-2-1-3-6-15/h1-13H,(H,24,25). The van der Waals surface area contributed by atoms with Crippen molar-refractivity contribution < 1.29 is 9.90 Å².